The molecule has 0 amide bonds. The number of hydrogen-bond acceptors (Lipinski definition) is 6. The topological polar surface area (TPSA) is 107 Å². The van der Waals surface area contributed by atoms with Crippen LogP contribution in [0.15, 0.2) is 47.4 Å². The number of hydrogen-bond donors (Lipinski definition) is 1. The smallest absolute Gasteiger partial charge is 0.339 e. The molecule has 0 aliphatic rings. The van der Waals surface area contributed by atoms with E-state index >= 15 is 0 Å². The van der Waals surface area contributed by atoms with Gasteiger partial charge in [-0.3, -0.25) is 4.55 Å². The molecule has 0 unspecified atom stereocenters. The standard InChI is InChI=1S/C44H74O7S/c1-3-5-7-9-11-13-15-17-19-21-23-25-27-29-31-33-37-50-43(45)41-36-35-40(52(47,48)49)39-42(41)44(46)51-38-34-32-30-28-26-24-22-20-18-16-14-12-10-8-6-4-2/h13-16,35-36,39H,3-12,17-34,37-38H2,1-2H3,(H,47,48,49)/b15-13+,16-14+. The molecule has 0 saturated heterocycles. The Kier molecular flexibility index (Phi) is 30.3. The Morgan fingerprint density at radius 2 is 0.827 bits per heavy atom. The quantitative estimate of drug-likeness (QED) is 0.0319. The molecule has 0 saturated carbocycles. The van der Waals surface area contributed by atoms with E-state index in [9.17, 15) is 22.6 Å². The van der Waals surface area contributed by atoms with Crippen molar-refractivity contribution in [3.8, 4) is 0 Å². The van der Waals surface area contributed by atoms with E-state index in [1.807, 2.05) is 0 Å². The molecule has 52 heavy (non-hydrogen) atoms. The lowest BCUT2D eigenvalue weighted by molar-refractivity contribution is 0.0450. The lowest BCUT2D eigenvalue weighted by Crippen LogP contribution is -2.16. The van der Waals surface area contributed by atoms with Crippen LogP contribution in [0, 0.1) is 0 Å². The van der Waals surface area contributed by atoms with Gasteiger partial charge >= 0.3 is 11.9 Å². The SMILES string of the molecule is CCCCCC/C=C/CCCCCCCCCCOC(=O)c1ccc(S(=O)(=O)O)cc1C(=O)OCCCCCCCCCC/C=C/CCCCCC. The monoisotopic (exact) mass is 747 g/mol. The molecule has 0 radical (unpaired) electrons. The van der Waals surface area contributed by atoms with Crippen molar-refractivity contribution in [3.05, 3.63) is 53.6 Å². The number of benzene rings is 1. The van der Waals surface area contributed by atoms with Gasteiger partial charge in [-0.05, 0) is 82.4 Å². The molecule has 0 spiro atoms. The zero-order valence-corrected chi connectivity index (χ0v) is 33.9. The molecule has 8 heteroatoms. The van der Waals surface area contributed by atoms with Crippen LogP contribution in [-0.4, -0.2) is 38.1 Å². The minimum absolute atomic E-state index is 0.0637. The molecular formula is C44H74O7S. The number of carbonyl (C=O) groups excluding carboxylic acids is 2. The van der Waals surface area contributed by atoms with Crippen molar-refractivity contribution in [1.29, 1.82) is 0 Å². The molecule has 298 valence electrons. The molecule has 0 aromatic heterocycles. The molecule has 1 rings (SSSR count). The van der Waals surface area contributed by atoms with Crippen LogP contribution < -0.4 is 0 Å². The third kappa shape index (κ3) is 26.3. The predicted molar refractivity (Wildman–Crippen MR) is 216 cm³/mol. The van der Waals surface area contributed by atoms with Crippen molar-refractivity contribution in [1.82, 2.24) is 0 Å². The summed E-state index contributed by atoms with van der Waals surface area (Å²) in [7, 11) is -4.57. The number of ether oxygens (including phenoxy) is 2. The molecule has 0 bridgehead atoms. The second-order valence-electron chi connectivity index (χ2n) is 14.3. The largest absolute Gasteiger partial charge is 0.462 e. The van der Waals surface area contributed by atoms with Gasteiger partial charge in [0.15, 0.2) is 0 Å². The number of allylic oxidation sites excluding steroid dienone is 4. The summed E-state index contributed by atoms with van der Waals surface area (Å²) in [6.07, 6.45) is 42.3. The molecule has 1 aromatic rings. The zero-order chi connectivity index (χ0) is 38.0. The van der Waals surface area contributed by atoms with E-state index in [0.29, 0.717) is 12.8 Å². The van der Waals surface area contributed by atoms with Gasteiger partial charge < -0.3 is 9.47 Å². The fourth-order valence-electron chi connectivity index (χ4n) is 6.22. The van der Waals surface area contributed by atoms with Gasteiger partial charge in [-0.2, -0.15) is 8.42 Å². The van der Waals surface area contributed by atoms with E-state index in [2.05, 4.69) is 38.2 Å². The van der Waals surface area contributed by atoms with Gasteiger partial charge in [-0.25, -0.2) is 9.59 Å². The van der Waals surface area contributed by atoms with Crippen LogP contribution in [-0.2, 0) is 19.6 Å². The summed E-state index contributed by atoms with van der Waals surface area (Å²) in [4.78, 5) is 25.3. The summed E-state index contributed by atoms with van der Waals surface area (Å²) in [5.74, 6) is -1.51. The second-order valence-corrected chi connectivity index (χ2v) is 15.8. The van der Waals surface area contributed by atoms with E-state index in [4.69, 9.17) is 9.47 Å². The van der Waals surface area contributed by atoms with Gasteiger partial charge in [0.25, 0.3) is 10.1 Å². The van der Waals surface area contributed by atoms with E-state index < -0.39 is 27.0 Å². The maximum atomic E-state index is 12.9. The van der Waals surface area contributed by atoms with Crippen LogP contribution in [0.2, 0.25) is 0 Å². The summed E-state index contributed by atoms with van der Waals surface area (Å²) < 4.78 is 43.9. The molecule has 0 aliphatic carbocycles. The summed E-state index contributed by atoms with van der Waals surface area (Å²) in [5.41, 5.74) is -0.278. The van der Waals surface area contributed by atoms with Crippen LogP contribution in [0.25, 0.3) is 0 Å². The first kappa shape index (κ1) is 47.6. The summed E-state index contributed by atoms with van der Waals surface area (Å²) >= 11 is 0. The first-order chi connectivity index (χ1) is 25.3. The number of esters is 2. The van der Waals surface area contributed by atoms with Crippen LogP contribution in [0.5, 0.6) is 0 Å². The van der Waals surface area contributed by atoms with E-state index in [0.717, 1.165) is 50.7 Å². The Morgan fingerprint density at radius 3 is 1.19 bits per heavy atom. The molecule has 7 nitrogen and oxygen atoms in total. The molecule has 0 fully saturated rings. The van der Waals surface area contributed by atoms with Crippen molar-refractivity contribution in [3.63, 3.8) is 0 Å². The van der Waals surface area contributed by atoms with E-state index in [1.54, 1.807) is 0 Å². The molecule has 1 N–H and O–H groups in total. The van der Waals surface area contributed by atoms with Crippen LogP contribution >= 0.6 is 0 Å². The average molecular weight is 747 g/mol. The minimum Gasteiger partial charge on any atom is -0.462 e. The Hall–Kier alpha value is -2.45. The number of rotatable bonds is 35. The van der Waals surface area contributed by atoms with Gasteiger partial charge in [0.1, 0.15) is 0 Å². The van der Waals surface area contributed by atoms with Crippen molar-refractivity contribution >= 4 is 22.1 Å². The maximum Gasteiger partial charge on any atom is 0.339 e. The summed E-state index contributed by atoms with van der Waals surface area (Å²) in [5, 5.41) is 0. The highest BCUT2D eigenvalue weighted by Gasteiger charge is 2.23. The van der Waals surface area contributed by atoms with Crippen LogP contribution in [0.1, 0.15) is 214 Å². The molecule has 1 aromatic carbocycles. The van der Waals surface area contributed by atoms with Crippen molar-refractivity contribution in [2.45, 2.75) is 199 Å². The number of unbranched alkanes of at least 4 members (excludes halogenated alkanes) is 24. The normalized spacial score (nSPS) is 11.9. The summed E-state index contributed by atoms with van der Waals surface area (Å²) in [6.45, 7) is 4.87. The highest BCUT2D eigenvalue weighted by molar-refractivity contribution is 7.85. The lowest BCUT2D eigenvalue weighted by atomic mass is 10.1. The number of carbonyl (C=O) groups is 2. The van der Waals surface area contributed by atoms with Crippen molar-refractivity contribution in [2.75, 3.05) is 13.2 Å². The summed E-state index contributed by atoms with van der Waals surface area (Å²) in [6, 6.07) is 3.29. The van der Waals surface area contributed by atoms with Crippen LogP contribution in [0.3, 0.4) is 0 Å². The first-order valence-electron chi connectivity index (χ1n) is 21.1. The van der Waals surface area contributed by atoms with Crippen molar-refractivity contribution in [2.24, 2.45) is 0 Å². The minimum atomic E-state index is -4.57. The molecular weight excluding hydrogens is 673 g/mol. The Balaban J connectivity index is 2.25. The van der Waals surface area contributed by atoms with Gasteiger partial charge in [-0.1, -0.05) is 154 Å². The predicted octanol–water partition coefficient (Wildman–Crippen LogP) is 13.3. The second kappa shape index (κ2) is 33.1. The zero-order valence-electron chi connectivity index (χ0n) is 33.1. The molecule has 0 atom stereocenters. The Morgan fingerprint density at radius 1 is 0.500 bits per heavy atom. The van der Waals surface area contributed by atoms with Crippen molar-refractivity contribution < 1.29 is 32.0 Å². The van der Waals surface area contributed by atoms with Gasteiger partial charge in [0, 0.05) is 0 Å². The Bertz CT molecular complexity index is 1200. The fourth-order valence-corrected chi connectivity index (χ4v) is 6.72. The maximum absolute atomic E-state index is 12.9. The highest BCUT2D eigenvalue weighted by atomic mass is 32.2. The lowest BCUT2D eigenvalue weighted by Gasteiger charge is -2.11. The van der Waals surface area contributed by atoms with E-state index in [-0.39, 0.29) is 24.3 Å². The highest BCUT2D eigenvalue weighted by Crippen LogP contribution is 2.20. The van der Waals surface area contributed by atoms with Crippen LogP contribution in [0.4, 0.5) is 0 Å². The van der Waals surface area contributed by atoms with Gasteiger partial charge in [0.2, 0.25) is 0 Å². The Labute approximate surface area is 318 Å². The van der Waals surface area contributed by atoms with Gasteiger partial charge in [0.05, 0.1) is 29.2 Å². The fraction of sp³-hybridized carbons (Fsp3) is 0.727. The molecule has 0 heterocycles. The first-order valence-corrected chi connectivity index (χ1v) is 22.5. The third-order valence-corrected chi connectivity index (χ3v) is 10.4. The van der Waals surface area contributed by atoms with E-state index in [1.165, 1.54) is 134 Å². The third-order valence-electron chi connectivity index (χ3n) is 9.51. The van der Waals surface area contributed by atoms with Gasteiger partial charge in [-0.15, -0.1) is 0 Å². The molecule has 0 aliphatic heterocycles. The average Bonchev–Trinajstić information content (AvgIpc) is 3.13.